The quantitative estimate of drug-likeness (QED) is 0.854. The van der Waals surface area contributed by atoms with Gasteiger partial charge in [0.15, 0.2) is 0 Å². The standard InChI is InChI=1S/C13H21N3O2/c1-8(2)13-15-11(17)7-12(16-13)18-10-5-3-4-9(14)6-10/h7-10H,3-6,14H2,1-2H3,(H,15,16,17). The molecule has 0 bridgehead atoms. The number of H-pyrrole nitrogens is 1. The van der Waals surface area contributed by atoms with Crippen molar-refractivity contribution in [1.82, 2.24) is 9.97 Å². The van der Waals surface area contributed by atoms with Crippen LogP contribution in [-0.2, 0) is 0 Å². The van der Waals surface area contributed by atoms with Crippen molar-refractivity contribution in [3.8, 4) is 5.88 Å². The van der Waals surface area contributed by atoms with E-state index in [2.05, 4.69) is 9.97 Å². The van der Waals surface area contributed by atoms with Crippen molar-refractivity contribution in [3.63, 3.8) is 0 Å². The summed E-state index contributed by atoms with van der Waals surface area (Å²) in [5, 5.41) is 0. The Kier molecular flexibility index (Phi) is 4.01. The topological polar surface area (TPSA) is 81.0 Å². The smallest absolute Gasteiger partial charge is 0.254 e. The van der Waals surface area contributed by atoms with Crippen LogP contribution in [0.5, 0.6) is 5.88 Å². The Balaban J connectivity index is 2.11. The van der Waals surface area contributed by atoms with Gasteiger partial charge in [0.2, 0.25) is 5.88 Å². The largest absolute Gasteiger partial charge is 0.474 e. The molecule has 1 aromatic heterocycles. The Hall–Kier alpha value is -1.36. The van der Waals surface area contributed by atoms with E-state index >= 15 is 0 Å². The van der Waals surface area contributed by atoms with Crippen LogP contribution in [-0.4, -0.2) is 22.1 Å². The van der Waals surface area contributed by atoms with Crippen LogP contribution < -0.4 is 16.0 Å². The maximum Gasteiger partial charge on any atom is 0.254 e. The van der Waals surface area contributed by atoms with Crippen LogP contribution in [0.2, 0.25) is 0 Å². The lowest BCUT2D eigenvalue weighted by Crippen LogP contribution is -2.34. The van der Waals surface area contributed by atoms with E-state index in [-0.39, 0.29) is 23.6 Å². The van der Waals surface area contributed by atoms with Crippen molar-refractivity contribution >= 4 is 0 Å². The van der Waals surface area contributed by atoms with Crippen molar-refractivity contribution in [1.29, 1.82) is 0 Å². The third kappa shape index (κ3) is 3.32. The first-order valence-corrected chi connectivity index (χ1v) is 6.58. The van der Waals surface area contributed by atoms with Gasteiger partial charge >= 0.3 is 0 Å². The molecule has 2 unspecified atom stereocenters. The van der Waals surface area contributed by atoms with E-state index in [1.54, 1.807) is 0 Å². The van der Waals surface area contributed by atoms with Crippen LogP contribution in [0, 0.1) is 0 Å². The molecule has 1 aliphatic rings. The second-order valence-electron chi connectivity index (χ2n) is 5.29. The molecule has 0 spiro atoms. The van der Waals surface area contributed by atoms with Gasteiger partial charge in [-0.2, -0.15) is 4.98 Å². The van der Waals surface area contributed by atoms with Crippen molar-refractivity contribution in [2.24, 2.45) is 5.73 Å². The van der Waals surface area contributed by atoms with Crippen LogP contribution in [0.1, 0.15) is 51.3 Å². The minimum Gasteiger partial charge on any atom is -0.474 e. The number of hydrogen-bond acceptors (Lipinski definition) is 4. The molecular formula is C13H21N3O2. The van der Waals surface area contributed by atoms with Gasteiger partial charge in [-0.25, -0.2) is 0 Å². The van der Waals surface area contributed by atoms with Gasteiger partial charge in [-0.05, 0) is 25.7 Å². The SMILES string of the molecule is CC(C)c1nc(OC2CCCC(N)C2)cc(=O)[nH]1. The molecule has 2 atom stereocenters. The molecule has 2 rings (SSSR count). The summed E-state index contributed by atoms with van der Waals surface area (Å²) in [5.41, 5.74) is 5.76. The summed E-state index contributed by atoms with van der Waals surface area (Å²) >= 11 is 0. The number of nitrogens with zero attached hydrogens (tertiary/aromatic N) is 1. The molecule has 1 heterocycles. The zero-order valence-corrected chi connectivity index (χ0v) is 11.0. The van der Waals surface area contributed by atoms with E-state index in [4.69, 9.17) is 10.5 Å². The summed E-state index contributed by atoms with van der Waals surface area (Å²) in [7, 11) is 0. The second kappa shape index (κ2) is 5.52. The number of aromatic nitrogens is 2. The molecule has 0 aliphatic heterocycles. The predicted octanol–water partition coefficient (Wildman–Crippen LogP) is 1.54. The van der Waals surface area contributed by atoms with Crippen molar-refractivity contribution in [2.45, 2.75) is 57.6 Å². The van der Waals surface area contributed by atoms with Gasteiger partial charge in [0.1, 0.15) is 11.9 Å². The molecule has 1 fully saturated rings. The molecule has 1 aliphatic carbocycles. The monoisotopic (exact) mass is 251 g/mol. The van der Waals surface area contributed by atoms with E-state index in [9.17, 15) is 4.79 Å². The summed E-state index contributed by atoms with van der Waals surface area (Å²) in [6.07, 6.45) is 4.04. The molecule has 0 radical (unpaired) electrons. The zero-order valence-electron chi connectivity index (χ0n) is 11.0. The van der Waals surface area contributed by atoms with Crippen LogP contribution in [0.3, 0.4) is 0 Å². The number of nitrogens with one attached hydrogen (secondary N) is 1. The third-order valence-corrected chi connectivity index (χ3v) is 3.24. The fourth-order valence-electron chi connectivity index (χ4n) is 2.25. The van der Waals surface area contributed by atoms with E-state index in [0.29, 0.717) is 11.7 Å². The molecule has 0 aromatic carbocycles. The Morgan fingerprint density at radius 2 is 2.28 bits per heavy atom. The molecule has 5 nitrogen and oxygen atoms in total. The van der Waals surface area contributed by atoms with E-state index in [1.807, 2.05) is 13.8 Å². The molecule has 0 saturated heterocycles. The molecule has 18 heavy (non-hydrogen) atoms. The lowest BCUT2D eigenvalue weighted by Gasteiger charge is -2.26. The number of nitrogens with two attached hydrogens (primary N) is 1. The predicted molar refractivity (Wildman–Crippen MR) is 69.8 cm³/mol. The maximum absolute atomic E-state index is 11.5. The van der Waals surface area contributed by atoms with Crippen LogP contribution >= 0.6 is 0 Å². The highest BCUT2D eigenvalue weighted by Crippen LogP contribution is 2.21. The summed E-state index contributed by atoms with van der Waals surface area (Å²) in [6, 6.07) is 1.61. The normalized spacial score (nSPS) is 24.2. The second-order valence-corrected chi connectivity index (χ2v) is 5.29. The lowest BCUT2D eigenvalue weighted by atomic mass is 9.94. The minimum absolute atomic E-state index is 0.0862. The Morgan fingerprint density at radius 1 is 1.50 bits per heavy atom. The van der Waals surface area contributed by atoms with Gasteiger partial charge in [-0.15, -0.1) is 0 Å². The van der Waals surface area contributed by atoms with Gasteiger partial charge < -0.3 is 15.5 Å². The number of aromatic amines is 1. The van der Waals surface area contributed by atoms with Gasteiger partial charge in [0.05, 0.1) is 6.07 Å². The fraction of sp³-hybridized carbons (Fsp3) is 0.692. The average molecular weight is 251 g/mol. The first-order chi connectivity index (χ1) is 8.54. The molecule has 100 valence electrons. The Bertz CT molecular complexity index is 456. The lowest BCUT2D eigenvalue weighted by molar-refractivity contribution is 0.138. The van der Waals surface area contributed by atoms with Crippen LogP contribution in [0.25, 0.3) is 0 Å². The summed E-state index contributed by atoms with van der Waals surface area (Å²) in [5.74, 6) is 1.26. The fourth-order valence-corrected chi connectivity index (χ4v) is 2.25. The van der Waals surface area contributed by atoms with Crippen LogP contribution in [0.15, 0.2) is 10.9 Å². The van der Waals surface area contributed by atoms with Gasteiger partial charge in [0, 0.05) is 12.0 Å². The average Bonchev–Trinajstić information content (AvgIpc) is 2.28. The number of ether oxygens (including phenoxy) is 1. The third-order valence-electron chi connectivity index (χ3n) is 3.24. The Morgan fingerprint density at radius 3 is 2.94 bits per heavy atom. The van der Waals surface area contributed by atoms with Crippen molar-refractivity contribution in [3.05, 3.63) is 22.2 Å². The molecule has 1 saturated carbocycles. The maximum atomic E-state index is 11.5. The van der Waals surface area contributed by atoms with Gasteiger partial charge in [-0.3, -0.25) is 4.79 Å². The Labute approximate surface area is 107 Å². The molecule has 1 aromatic rings. The first kappa shape index (κ1) is 13.1. The molecule has 5 heteroatoms. The van der Waals surface area contributed by atoms with E-state index in [0.717, 1.165) is 25.7 Å². The highest BCUT2D eigenvalue weighted by Gasteiger charge is 2.21. The first-order valence-electron chi connectivity index (χ1n) is 6.58. The van der Waals surface area contributed by atoms with Crippen molar-refractivity contribution in [2.75, 3.05) is 0 Å². The highest BCUT2D eigenvalue weighted by molar-refractivity contribution is 5.11. The van der Waals surface area contributed by atoms with Crippen LogP contribution in [0.4, 0.5) is 0 Å². The number of rotatable bonds is 3. The summed E-state index contributed by atoms with van der Waals surface area (Å²) in [6.45, 7) is 3.97. The van der Waals surface area contributed by atoms with Gasteiger partial charge in [-0.1, -0.05) is 13.8 Å². The summed E-state index contributed by atoms with van der Waals surface area (Å²) in [4.78, 5) is 18.6. The highest BCUT2D eigenvalue weighted by atomic mass is 16.5. The molecule has 0 amide bonds. The zero-order chi connectivity index (χ0) is 13.1. The number of hydrogen-bond donors (Lipinski definition) is 2. The van der Waals surface area contributed by atoms with E-state index < -0.39 is 0 Å². The van der Waals surface area contributed by atoms with Crippen molar-refractivity contribution < 1.29 is 4.74 Å². The van der Waals surface area contributed by atoms with E-state index in [1.165, 1.54) is 6.07 Å². The minimum atomic E-state index is -0.163. The summed E-state index contributed by atoms with van der Waals surface area (Å²) < 4.78 is 5.79. The molecular weight excluding hydrogens is 230 g/mol. The van der Waals surface area contributed by atoms with Gasteiger partial charge in [0.25, 0.3) is 5.56 Å². The molecule has 3 N–H and O–H groups in total.